The minimum Gasteiger partial charge on any atom is -0.507 e. The number of para-hydroxylation sites is 1. The molecular weight excluding hydrogens is 430 g/mol. The summed E-state index contributed by atoms with van der Waals surface area (Å²) in [5.74, 6) is 1.12. The lowest BCUT2D eigenvalue weighted by molar-refractivity contribution is 0.188. The number of aromatic hydroxyl groups is 1. The van der Waals surface area contributed by atoms with Crippen LogP contribution in [0.5, 0.6) is 5.75 Å². The number of nitrogens with zero attached hydrogens (tertiary/aromatic N) is 2. The van der Waals surface area contributed by atoms with Crippen LogP contribution in [-0.2, 0) is 0 Å². The van der Waals surface area contributed by atoms with Gasteiger partial charge in [-0.15, -0.1) is 0 Å². The average Bonchev–Trinajstić information content (AvgIpc) is 2.83. The number of piperidine rings is 1. The first kappa shape index (κ1) is 24.9. The van der Waals surface area contributed by atoms with Crippen molar-refractivity contribution in [1.29, 1.82) is 10.8 Å². The largest absolute Gasteiger partial charge is 0.507 e. The van der Waals surface area contributed by atoms with Gasteiger partial charge in [-0.05, 0) is 61.5 Å². The highest BCUT2D eigenvalue weighted by atomic mass is 32.2. The van der Waals surface area contributed by atoms with E-state index in [0.717, 1.165) is 31.7 Å². The monoisotopic (exact) mass is 465 g/mol. The van der Waals surface area contributed by atoms with Gasteiger partial charge in [0, 0.05) is 48.3 Å². The number of nitrogens with one attached hydrogen (secondary N) is 2. The van der Waals surface area contributed by atoms with E-state index in [1.807, 2.05) is 23.9 Å². The smallest absolute Gasteiger partial charge is 0.124 e. The quantitative estimate of drug-likeness (QED) is 0.307. The first-order chi connectivity index (χ1) is 15.9. The second-order valence-electron chi connectivity index (χ2n) is 8.29. The zero-order chi connectivity index (χ0) is 23.8. The lowest BCUT2D eigenvalue weighted by Crippen LogP contribution is -2.45. The van der Waals surface area contributed by atoms with E-state index in [1.165, 1.54) is 24.3 Å². The average molecular weight is 466 g/mol. The van der Waals surface area contributed by atoms with Crippen molar-refractivity contribution in [3.05, 3.63) is 65.7 Å². The van der Waals surface area contributed by atoms with Crippen LogP contribution in [0.15, 0.2) is 54.6 Å². The van der Waals surface area contributed by atoms with E-state index in [1.54, 1.807) is 30.3 Å². The van der Waals surface area contributed by atoms with Crippen molar-refractivity contribution < 1.29 is 5.11 Å². The Labute approximate surface area is 201 Å². The Kier molecular flexibility index (Phi) is 8.97. The number of phenolic OH excluding ortho intramolecular Hbond substituents is 1. The highest BCUT2D eigenvalue weighted by Gasteiger charge is 2.23. The number of rotatable bonds is 10. The molecular formula is C26H35N5OS. The van der Waals surface area contributed by atoms with Crippen LogP contribution in [0.25, 0.3) is 5.57 Å². The molecule has 0 unspecified atom stereocenters. The van der Waals surface area contributed by atoms with Gasteiger partial charge in [0.15, 0.2) is 0 Å². The van der Waals surface area contributed by atoms with Gasteiger partial charge in [-0.2, -0.15) is 11.8 Å². The van der Waals surface area contributed by atoms with Crippen LogP contribution in [0.1, 0.15) is 30.9 Å². The third kappa shape index (κ3) is 6.39. The number of phenols is 1. The van der Waals surface area contributed by atoms with Crippen molar-refractivity contribution in [2.24, 2.45) is 5.73 Å². The Balaban J connectivity index is 1.69. The van der Waals surface area contributed by atoms with Gasteiger partial charge < -0.3 is 21.1 Å². The van der Waals surface area contributed by atoms with E-state index < -0.39 is 0 Å². The summed E-state index contributed by atoms with van der Waals surface area (Å²) in [7, 11) is 0. The Morgan fingerprint density at radius 1 is 1.15 bits per heavy atom. The molecule has 0 atom stereocenters. The summed E-state index contributed by atoms with van der Waals surface area (Å²) in [5, 5.41) is 26.4. The lowest BCUT2D eigenvalue weighted by atomic mass is 9.99. The molecule has 0 spiro atoms. The van der Waals surface area contributed by atoms with Gasteiger partial charge in [0.2, 0.25) is 0 Å². The molecule has 7 heteroatoms. The number of thioether (sulfide) groups is 1. The summed E-state index contributed by atoms with van der Waals surface area (Å²) in [6.07, 6.45) is 6.05. The van der Waals surface area contributed by atoms with Crippen LogP contribution in [-0.4, -0.2) is 65.8 Å². The van der Waals surface area contributed by atoms with Gasteiger partial charge in [-0.1, -0.05) is 31.2 Å². The van der Waals surface area contributed by atoms with E-state index in [-0.39, 0.29) is 17.3 Å². The Morgan fingerprint density at radius 3 is 2.39 bits per heavy atom. The summed E-state index contributed by atoms with van der Waals surface area (Å²) >= 11 is 1.91. The predicted octanol–water partition coefficient (Wildman–Crippen LogP) is 4.43. The normalized spacial score (nSPS) is 15.1. The molecule has 0 bridgehead atoms. The number of benzene rings is 2. The second-order valence-corrected chi connectivity index (χ2v) is 9.27. The van der Waals surface area contributed by atoms with Crippen molar-refractivity contribution in [3.63, 3.8) is 0 Å². The number of allylic oxidation sites excluding steroid dienone is 1. The fraction of sp³-hybridized carbons (Fsp3) is 0.385. The molecule has 33 heavy (non-hydrogen) atoms. The van der Waals surface area contributed by atoms with Gasteiger partial charge >= 0.3 is 0 Å². The summed E-state index contributed by atoms with van der Waals surface area (Å²) < 4.78 is 0. The highest BCUT2D eigenvalue weighted by molar-refractivity contribution is 7.98. The zero-order valence-corrected chi connectivity index (χ0v) is 20.4. The summed E-state index contributed by atoms with van der Waals surface area (Å²) in [5.41, 5.74) is 8.80. The fourth-order valence-electron chi connectivity index (χ4n) is 4.39. The van der Waals surface area contributed by atoms with Crippen molar-refractivity contribution >= 4 is 34.6 Å². The molecule has 6 nitrogen and oxygen atoms in total. The van der Waals surface area contributed by atoms with Crippen LogP contribution < -0.4 is 10.6 Å². The molecule has 3 rings (SSSR count). The molecule has 0 aliphatic carbocycles. The Morgan fingerprint density at radius 2 is 1.82 bits per heavy atom. The Bertz CT molecular complexity index is 980. The van der Waals surface area contributed by atoms with E-state index in [0.29, 0.717) is 17.2 Å². The van der Waals surface area contributed by atoms with Gasteiger partial charge in [-0.3, -0.25) is 10.3 Å². The maximum absolute atomic E-state index is 10.0. The maximum Gasteiger partial charge on any atom is 0.124 e. The first-order valence-corrected chi connectivity index (χ1v) is 12.8. The van der Waals surface area contributed by atoms with Gasteiger partial charge in [0.25, 0.3) is 0 Å². The topological polar surface area (TPSA) is 100 Å². The number of nitrogens with two attached hydrogens (primary N) is 1. The van der Waals surface area contributed by atoms with Gasteiger partial charge in [0.05, 0.1) is 5.71 Å². The highest BCUT2D eigenvalue weighted by Crippen LogP contribution is 2.26. The minimum absolute atomic E-state index is 0.0375. The van der Waals surface area contributed by atoms with Crippen molar-refractivity contribution in [3.8, 4) is 5.75 Å². The van der Waals surface area contributed by atoms with Crippen molar-refractivity contribution in [1.82, 2.24) is 4.90 Å². The molecule has 176 valence electrons. The minimum atomic E-state index is -0.103. The molecule has 1 aliphatic heterocycles. The third-order valence-corrected chi connectivity index (χ3v) is 6.88. The maximum atomic E-state index is 10.0. The molecule has 1 fully saturated rings. The number of amidine groups is 1. The Hall–Kier alpha value is -2.77. The molecule has 5 N–H and O–H groups in total. The van der Waals surface area contributed by atoms with Crippen LogP contribution in [0, 0.1) is 10.8 Å². The van der Waals surface area contributed by atoms with E-state index in [9.17, 15) is 5.11 Å². The predicted molar refractivity (Wildman–Crippen MR) is 142 cm³/mol. The molecule has 0 radical (unpaired) electrons. The fourth-order valence-corrected chi connectivity index (χ4v) is 4.81. The molecule has 1 heterocycles. The van der Waals surface area contributed by atoms with Crippen LogP contribution in [0.4, 0.5) is 5.69 Å². The van der Waals surface area contributed by atoms with Crippen LogP contribution in [0.3, 0.4) is 0 Å². The van der Waals surface area contributed by atoms with E-state index in [4.69, 9.17) is 16.6 Å². The number of anilines is 1. The lowest BCUT2D eigenvalue weighted by Gasteiger charge is -2.39. The number of hydrogen-bond donors (Lipinski definition) is 4. The molecule has 0 amide bonds. The summed E-state index contributed by atoms with van der Waals surface area (Å²) in [4.78, 5) is 5.03. The molecule has 1 aliphatic rings. The molecule has 0 aromatic heterocycles. The van der Waals surface area contributed by atoms with E-state index in [2.05, 4.69) is 35.1 Å². The standard InChI is InChI=1S/C26H35N5OS/c1-3-30(16-17-33-2)21-12-14-31(15-13-21)20-10-8-19(9-11-20)23(26(28)29)18-24(27)22-6-4-5-7-25(22)32/h4-11,18,21,27,32H,3,12-17H2,1-2H3,(H3,28,29)/b23-18-,27-24?. The van der Waals surface area contributed by atoms with Crippen LogP contribution >= 0.6 is 11.8 Å². The van der Waals surface area contributed by atoms with Crippen molar-refractivity contribution in [2.45, 2.75) is 25.8 Å². The first-order valence-electron chi connectivity index (χ1n) is 11.5. The zero-order valence-electron chi connectivity index (χ0n) is 19.6. The van der Waals surface area contributed by atoms with Gasteiger partial charge in [0.1, 0.15) is 11.6 Å². The van der Waals surface area contributed by atoms with E-state index >= 15 is 0 Å². The molecule has 2 aromatic rings. The SMILES string of the molecule is CCN(CCSC)C1CCN(c2ccc(/C(=C/C(=N)c3ccccc3O)C(=N)N)cc2)CC1. The number of hydrogen-bond acceptors (Lipinski definition) is 6. The summed E-state index contributed by atoms with van der Waals surface area (Å²) in [6.45, 7) is 6.59. The summed E-state index contributed by atoms with van der Waals surface area (Å²) in [6, 6.07) is 15.4. The van der Waals surface area contributed by atoms with Crippen molar-refractivity contribution in [2.75, 3.05) is 43.1 Å². The molecule has 2 aromatic carbocycles. The molecule has 1 saturated heterocycles. The van der Waals surface area contributed by atoms with Crippen LogP contribution in [0.2, 0.25) is 0 Å². The molecule has 0 saturated carbocycles. The third-order valence-electron chi connectivity index (χ3n) is 6.29. The van der Waals surface area contributed by atoms with Gasteiger partial charge in [-0.25, -0.2) is 0 Å². The second kappa shape index (κ2) is 11.9.